The van der Waals surface area contributed by atoms with Crippen molar-refractivity contribution in [3.8, 4) is 0 Å². The zero-order valence-electron chi connectivity index (χ0n) is 16.0. The highest BCUT2D eigenvalue weighted by molar-refractivity contribution is 6.35. The van der Waals surface area contributed by atoms with Crippen molar-refractivity contribution in [2.75, 3.05) is 19.7 Å². The van der Waals surface area contributed by atoms with Crippen LogP contribution in [-0.4, -0.2) is 36.6 Å². The third-order valence-corrected chi connectivity index (χ3v) is 4.72. The van der Waals surface area contributed by atoms with Gasteiger partial charge in [0.25, 0.3) is 0 Å². The monoisotopic (exact) mass is 422 g/mol. The smallest absolute Gasteiger partial charge is 0.325 e. The van der Waals surface area contributed by atoms with E-state index in [4.69, 9.17) is 27.9 Å². The molecular weight excluding hydrogens is 399 g/mol. The molecule has 0 spiro atoms. The van der Waals surface area contributed by atoms with Crippen LogP contribution in [0.25, 0.3) is 0 Å². The molecule has 2 amide bonds. The molecular formula is C21H24Cl2N2O3. The van der Waals surface area contributed by atoms with Crippen LogP contribution in [0.15, 0.2) is 42.5 Å². The highest BCUT2D eigenvalue weighted by Gasteiger charge is 2.16. The molecule has 1 N–H and O–H groups in total. The number of carbonyl (C=O) groups is 2. The average molecular weight is 423 g/mol. The summed E-state index contributed by atoms with van der Waals surface area (Å²) in [5, 5.41) is 3.75. The fourth-order valence-electron chi connectivity index (χ4n) is 2.62. The number of urea groups is 1. The third-order valence-electron chi connectivity index (χ3n) is 4.14. The fraction of sp³-hybridized carbons (Fsp3) is 0.333. The molecule has 7 heteroatoms. The Balaban J connectivity index is 2.06. The lowest BCUT2D eigenvalue weighted by Crippen LogP contribution is -2.43. The number of nitrogens with one attached hydrogen (secondary N) is 1. The van der Waals surface area contributed by atoms with E-state index < -0.39 is 5.97 Å². The molecule has 0 aliphatic heterocycles. The Labute approximate surface area is 175 Å². The van der Waals surface area contributed by atoms with E-state index in [1.165, 1.54) is 0 Å². The van der Waals surface area contributed by atoms with E-state index >= 15 is 0 Å². The van der Waals surface area contributed by atoms with Crippen molar-refractivity contribution >= 4 is 35.2 Å². The van der Waals surface area contributed by atoms with Gasteiger partial charge in [-0.2, -0.15) is 0 Å². The quantitative estimate of drug-likeness (QED) is 0.631. The molecule has 0 bridgehead atoms. The van der Waals surface area contributed by atoms with Crippen LogP contribution in [0.3, 0.4) is 0 Å². The fourth-order valence-corrected chi connectivity index (χ4v) is 3.12. The first-order chi connectivity index (χ1) is 13.4. The molecule has 0 atom stereocenters. The zero-order chi connectivity index (χ0) is 20.5. The first-order valence-electron chi connectivity index (χ1n) is 9.07. The molecule has 2 aromatic rings. The van der Waals surface area contributed by atoms with Crippen molar-refractivity contribution in [3.63, 3.8) is 0 Å². The summed E-state index contributed by atoms with van der Waals surface area (Å²) in [6.45, 7) is 4.69. The second-order valence-electron chi connectivity index (χ2n) is 6.36. The maximum Gasteiger partial charge on any atom is 0.325 e. The predicted octanol–water partition coefficient (Wildman–Crippen LogP) is 4.62. The van der Waals surface area contributed by atoms with Gasteiger partial charge in [0.15, 0.2) is 0 Å². The maximum absolute atomic E-state index is 12.6. The van der Waals surface area contributed by atoms with Gasteiger partial charge in [-0.25, -0.2) is 4.79 Å². The van der Waals surface area contributed by atoms with Crippen LogP contribution in [0.5, 0.6) is 0 Å². The number of rotatable bonds is 8. The van der Waals surface area contributed by atoms with Crippen LogP contribution in [0.1, 0.15) is 23.6 Å². The van der Waals surface area contributed by atoms with Gasteiger partial charge in [0, 0.05) is 23.1 Å². The van der Waals surface area contributed by atoms with Gasteiger partial charge < -0.3 is 15.0 Å². The van der Waals surface area contributed by atoms with Crippen molar-refractivity contribution in [3.05, 3.63) is 69.2 Å². The van der Waals surface area contributed by atoms with E-state index in [0.717, 1.165) is 16.7 Å². The summed E-state index contributed by atoms with van der Waals surface area (Å²) >= 11 is 12.2. The summed E-state index contributed by atoms with van der Waals surface area (Å²) < 4.78 is 4.86. The molecule has 0 radical (unpaired) electrons. The molecule has 0 aliphatic rings. The Morgan fingerprint density at radius 2 is 1.82 bits per heavy atom. The van der Waals surface area contributed by atoms with Crippen molar-refractivity contribution in [2.45, 2.75) is 26.8 Å². The standard InChI is InChI=1S/C21H24Cl2N2O3/c1-3-28-20(26)13-24-21(27)25(14-16-6-4-15(2)5-7-16)11-10-17-8-9-18(22)12-19(17)23/h4-9,12H,3,10-11,13-14H2,1-2H3,(H,24,27). The highest BCUT2D eigenvalue weighted by atomic mass is 35.5. The third kappa shape index (κ3) is 7.06. The van der Waals surface area contributed by atoms with Crippen LogP contribution in [0.4, 0.5) is 4.79 Å². The lowest BCUT2D eigenvalue weighted by molar-refractivity contribution is -0.141. The molecule has 0 unspecified atom stereocenters. The van der Waals surface area contributed by atoms with Crippen molar-refractivity contribution < 1.29 is 14.3 Å². The van der Waals surface area contributed by atoms with E-state index in [0.29, 0.717) is 29.6 Å². The first kappa shape index (κ1) is 22.1. The minimum absolute atomic E-state index is 0.168. The van der Waals surface area contributed by atoms with Crippen LogP contribution < -0.4 is 5.32 Å². The summed E-state index contributed by atoms with van der Waals surface area (Å²) in [7, 11) is 0. The van der Waals surface area contributed by atoms with E-state index in [1.54, 1.807) is 24.0 Å². The number of hydrogen-bond acceptors (Lipinski definition) is 3. The second-order valence-corrected chi connectivity index (χ2v) is 7.20. The molecule has 0 aliphatic carbocycles. The maximum atomic E-state index is 12.6. The van der Waals surface area contributed by atoms with Crippen molar-refractivity contribution in [1.29, 1.82) is 0 Å². The Bertz CT molecular complexity index is 810. The van der Waals surface area contributed by atoms with Crippen LogP contribution >= 0.6 is 23.2 Å². The minimum atomic E-state index is -0.466. The van der Waals surface area contributed by atoms with Crippen LogP contribution in [-0.2, 0) is 22.5 Å². The average Bonchev–Trinajstić information content (AvgIpc) is 2.66. The van der Waals surface area contributed by atoms with Gasteiger partial charge in [0.1, 0.15) is 6.54 Å². The molecule has 0 saturated heterocycles. The molecule has 0 heterocycles. The van der Waals surface area contributed by atoms with Gasteiger partial charge in [-0.3, -0.25) is 4.79 Å². The minimum Gasteiger partial charge on any atom is -0.465 e. The lowest BCUT2D eigenvalue weighted by atomic mass is 10.1. The highest BCUT2D eigenvalue weighted by Crippen LogP contribution is 2.21. The van der Waals surface area contributed by atoms with Crippen molar-refractivity contribution in [1.82, 2.24) is 10.2 Å². The molecule has 2 rings (SSSR count). The molecule has 0 aromatic heterocycles. The van der Waals surface area contributed by atoms with Crippen LogP contribution in [0, 0.1) is 6.92 Å². The zero-order valence-corrected chi connectivity index (χ0v) is 17.5. The summed E-state index contributed by atoms with van der Waals surface area (Å²) in [4.78, 5) is 25.8. The Kier molecular flexibility index (Phi) is 8.61. The summed E-state index contributed by atoms with van der Waals surface area (Å²) in [6.07, 6.45) is 0.564. The topological polar surface area (TPSA) is 58.6 Å². The van der Waals surface area contributed by atoms with E-state index in [2.05, 4.69) is 5.32 Å². The van der Waals surface area contributed by atoms with E-state index in [-0.39, 0.29) is 19.2 Å². The lowest BCUT2D eigenvalue weighted by Gasteiger charge is -2.23. The molecule has 150 valence electrons. The second kappa shape index (κ2) is 10.9. The Morgan fingerprint density at radius 3 is 2.46 bits per heavy atom. The molecule has 5 nitrogen and oxygen atoms in total. The van der Waals surface area contributed by atoms with Gasteiger partial charge in [-0.15, -0.1) is 0 Å². The number of halogens is 2. The van der Waals surface area contributed by atoms with E-state index in [9.17, 15) is 9.59 Å². The number of ether oxygens (including phenoxy) is 1. The molecule has 0 saturated carbocycles. The summed E-state index contributed by atoms with van der Waals surface area (Å²) in [5.41, 5.74) is 3.05. The largest absolute Gasteiger partial charge is 0.465 e. The Hall–Kier alpha value is -2.24. The van der Waals surface area contributed by atoms with Crippen molar-refractivity contribution in [2.24, 2.45) is 0 Å². The van der Waals surface area contributed by atoms with Gasteiger partial charge >= 0.3 is 12.0 Å². The SMILES string of the molecule is CCOC(=O)CNC(=O)N(CCc1ccc(Cl)cc1Cl)Cc1ccc(C)cc1. The number of nitrogens with zero attached hydrogens (tertiary/aromatic N) is 1. The normalized spacial score (nSPS) is 10.4. The number of esters is 1. The van der Waals surface area contributed by atoms with Gasteiger partial charge in [0.2, 0.25) is 0 Å². The van der Waals surface area contributed by atoms with Gasteiger partial charge in [-0.05, 0) is 43.5 Å². The molecule has 2 aromatic carbocycles. The van der Waals surface area contributed by atoms with Gasteiger partial charge in [-0.1, -0.05) is 59.1 Å². The molecule has 28 heavy (non-hydrogen) atoms. The number of amides is 2. The van der Waals surface area contributed by atoms with Crippen LogP contribution in [0.2, 0.25) is 10.0 Å². The number of benzene rings is 2. The summed E-state index contributed by atoms with van der Waals surface area (Å²) in [5.74, 6) is -0.466. The first-order valence-corrected chi connectivity index (χ1v) is 9.82. The number of aryl methyl sites for hydroxylation is 1. The van der Waals surface area contributed by atoms with Gasteiger partial charge in [0.05, 0.1) is 6.61 Å². The number of hydrogen-bond donors (Lipinski definition) is 1. The summed E-state index contributed by atoms with van der Waals surface area (Å²) in [6, 6.07) is 12.9. The number of carbonyl (C=O) groups excluding carboxylic acids is 2. The Morgan fingerprint density at radius 1 is 1.11 bits per heavy atom. The van der Waals surface area contributed by atoms with E-state index in [1.807, 2.05) is 37.3 Å². The molecule has 0 fully saturated rings. The predicted molar refractivity (Wildman–Crippen MR) is 112 cm³/mol.